The minimum atomic E-state index is 0. The van der Waals surface area contributed by atoms with Gasteiger partial charge in [0.1, 0.15) is 4.64 Å². The normalized spacial score (nSPS) is 7.50. The maximum atomic E-state index is 4.76. The van der Waals surface area contributed by atoms with Gasteiger partial charge in [0.25, 0.3) is 0 Å². The summed E-state index contributed by atoms with van der Waals surface area (Å²) in [6, 6.07) is 5.64. The fourth-order valence-corrected chi connectivity index (χ4v) is 0.523. The number of nitrogens with one attached hydrogen (secondary N) is 1. The Kier molecular flexibility index (Phi) is 4.13. The molecule has 0 atom stereocenters. The molecule has 1 N–H and O–H groups in total. The Morgan fingerprint density at radius 2 is 2.25 bits per heavy atom. The van der Waals surface area contributed by atoms with Crippen molar-refractivity contribution in [3.63, 3.8) is 0 Å². The molecule has 1 aromatic rings. The number of rotatable bonds is 0. The molecule has 1 aromatic heterocycles. The third kappa shape index (κ3) is 2.45. The van der Waals surface area contributed by atoms with Crippen LogP contribution in [0.1, 0.15) is 2.85 Å². The van der Waals surface area contributed by atoms with Crippen LogP contribution in [0.2, 0.25) is 0 Å². The standard InChI is InChI=1S/C5H5NS.Mg.2H/c7-5-3-1-2-4-6-5;;;/h1-4H,(H,6,7);;;/q;+2;2*-1. The van der Waals surface area contributed by atoms with E-state index in [9.17, 15) is 0 Å². The second kappa shape index (κ2) is 4.06. The Morgan fingerprint density at radius 3 is 2.50 bits per heavy atom. The molecule has 3 heteroatoms. The molecule has 0 spiro atoms. The van der Waals surface area contributed by atoms with Gasteiger partial charge in [-0.05, 0) is 12.1 Å². The summed E-state index contributed by atoms with van der Waals surface area (Å²) in [6.07, 6.45) is 1.81. The first-order chi connectivity index (χ1) is 3.39. The van der Waals surface area contributed by atoms with Gasteiger partial charge in [0, 0.05) is 6.20 Å². The minimum absolute atomic E-state index is 0. The first-order valence-electron chi connectivity index (χ1n) is 2.03. The molecule has 0 amide bonds. The van der Waals surface area contributed by atoms with E-state index in [-0.39, 0.29) is 25.9 Å². The minimum Gasteiger partial charge on any atom is -1.00 e. The van der Waals surface area contributed by atoms with E-state index in [4.69, 9.17) is 12.2 Å². The number of hydrogen-bond acceptors (Lipinski definition) is 1. The molecule has 0 unspecified atom stereocenters. The van der Waals surface area contributed by atoms with Crippen molar-refractivity contribution in [1.29, 1.82) is 0 Å². The van der Waals surface area contributed by atoms with Gasteiger partial charge in [-0.3, -0.25) is 0 Å². The van der Waals surface area contributed by atoms with Gasteiger partial charge in [0.15, 0.2) is 0 Å². The molecule has 0 saturated carbocycles. The molecule has 0 fully saturated rings. The van der Waals surface area contributed by atoms with Crippen molar-refractivity contribution in [3.05, 3.63) is 29.0 Å². The van der Waals surface area contributed by atoms with E-state index in [0.717, 1.165) is 4.64 Å². The average Bonchev–Trinajstić information content (AvgIpc) is 1.69. The Morgan fingerprint density at radius 1 is 1.50 bits per heavy atom. The van der Waals surface area contributed by atoms with E-state index in [1.807, 2.05) is 24.4 Å². The Bertz CT molecular complexity index is 185. The average molecular weight is 137 g/mol. The topological polar surface area (TPSA) is 15.8 Å². The van der Waals surface area contributed by atoms with Crippen LogP contribution in [0.5, 0.6) is 0 Å². The zero-order chi connectivity index (χ0) is 5.11. The number of hydrogen-bond donors (Lipinski definition) is 1. The molecule has 0 saturated heterocycles. The van der Waals surface area contributed by atoms with Crippen LogP contribution in [0.25, 0.3) is 0 Å². The summed E-state index contributed by atoms with van der Waals surface area (Å²) < 4.78 is 0.780. The van der Waals surface area contributed by atoms with Gasteiger partial charge in [0.2, 0.25) is 0 Å². The van der Waals surface area contributed by atoms with Gasteiger partial charge in [-0.25, -0.2) is 0 Å². The van der Waals surface area contributed by atoms with E-state index in [1.165, 1.54) is 0 Å². The van der Waals surface area contributed by atoms with Crippen molar-refractivity contribution in [1.82, 2.24) is 4.98 Å². The zero-order valence-corrected chi connectivity index (χ0v) is 6.66. The van der Waals surface area contributed by atoms with Gasteiger partial charge in [-0.2, -0.15) is 0 Å². The molecule has 0 aromatic carbocycles. The summed E-state index contributed by atoms with van der Waals surface area (Å²) in [6.45, 7) is 0. The van der Waals surface area contributed by atoms with E-state index in [1.54, 1.807) is 0 Å². The van der Waals surface area contributed by atoms with Crippen molar-refractivity contribution in [3.8, 4) is 0 Å². The van der Waals surface area contributed by atoms with Crippen LogP contribution in [-0.4, -0.2) is 28.0 Å². The van der Waals surface area contributed by atoms with Gasteiger partial charge in [-0.15, -0.1) is 0 Å². The van der Waals surface area contributed by atoms with Crippen molar-refractivity contribution in [2.24, 2.45) is 0 Å². The molecule has 1 heterocycles. The molecule has 0 aliphatic heterocycles. The molecular weight excluding hydrogens is 130 g/mol. The van der Waals surface area contributed by atoms with Gasteiger partial charge >= 0.3 is 23.1 Å². The Balaban J connectivity index is -0.000000163. The second-order valence-corrected chi connectivity index (χ2v) is 1.67. The second-order valence-electron chi connectivity index (χ2n) is 1.23. The summed E-state index contributed by atoms with van der Waals surface area (Å²) in [7, 11) is 0. The summed E-state index contributed by atoms with van der Waals surface area (Å²) in [4.78, 5) is 2.85. The van der Waals surface area contributed by atoms with Gasteiger partial charge in [-0.1, -0.05) is 18.3 Å². The largest absolute Gasteiger partial charge is 2.00 e. The SMILES string of the molecule is S=c1cccc[nH]1.[H-].[H-].[Mg+2]. The Labute approximate surface area is 72.2 Å². The summed E-state index contributed by atoms with van der Waals surface area (Å²) in [5.74, 6) is 0. The predicted octanol–water partition coefficient (Wildman–Crippen LogP) is 1.59. The summed E-state index contributed by atoms with van der Waals surface area (Å²) >= 11 is 4.76. The van der Waals surface area contributed by atoms with Crippen LogP contribution in [-0.2, 0) is 0 Å². The van der Waals surface area contributed by atoms with Gasteiger partial charge in [0.05, 0.1) is 0 Å². The number of pyridine rings is 1. The van der Waals surface area contributed by atoms with E-state index in [0.29, 0.717) is 0 Å². The summed E-state index contributed by atoms with van der Waals surface area (Å²) in [5.41, 5.74) is 0. The fraction of sp³-hybridized carbons (Fsp3) is 0. The van der Waals surface area contributed by atoms with Crippen LogP contribution in [0.4, 0.5) is 0 Å². The molecule has 8 heavy (non-hydrogen) atoms. The quantitative estimate of drug-likeness (QED) is 0.424. The van der Waals surface area contributed by atoms with Crippen molar-refractivity contribution >= 4 is 35.3 Å². The number of H-pyrrole nitrogens is 1. The van der Waals surface area contributed by atoms with Crippen molar-refractivity contribution in [2.75, 3.05) is 0 Å². The monoisotopic (exact) mass is 137 g/mol. The zero-order valence-electron chi connectivity index (χ0n) is 6.42. The number of aromatic nitrogens is 1. The molecule has 1 rings (SSSR count). The first-order valence-corrected chi connectivity index (χ1v) is 2.44. The molecular formula is C5H7MgNS. The van der Waals surface area contributed by atoms with E-state index >= 15 is 0 Å². The smallest absolute Gasteiger partial charge is 1.00 e. The van der Waals surface area contributed by atoms with Crippen LogP contribution in [0.15, 0.2) is 24.4 Å². The third-order valence-electron chi connectivity index (χ3n) is 0.681. The number of aromatic amines is 1. The third-order valence-corrected chi connectivity index (χ3v) is 0.934. The van der Waals surface area contributed by atoms with Crippen molar-refractivity contribution in [2.45, 2.75) is 0 Å². The van der Waals surface area contributed by atoms with E-state index in [2.05, 4.69) is 4.98 Å². The first kappa shape index (κ1) is 8.14. The Hall–Kier alpha value is 0.136. The molecule has 0 radical (unpaired) electrons. The van der Waals surface area contributed by atoms with Crippen LogP contribution < -0.4 is 0 Å². The molecule has 40 valence electrons. The summed E-state index contributed by atoms with van der Waals surface area (Å²) in [5, 5.41) is 0. The maximum Gasteiger partial charge on any atom is 2.00 e. The van der Waals surface area contributed by atoms with Crippen LogP contribution in [0, 0.1) is 4.64 Å². The molecule has 0 bridgehead atoms. The van der Waals surface area contributed by atoms with Crippen molar-refractivity contribution < 1.29 is 2.85 Å². The molecule has 1 nitrogen and oxygen atoms in total. The van der Waals surface area contributed by atoms with Crippen LogP contribution in [0.3, 0.4) is 0 Å². The van der Waals surface area contributed by atoms with E-state index < -0.39 is 0 Å². The molecule has 0 aliphatic rings. The molecule has 0 aliphatic carbocycles. The fourth-order valence-electron chi connectivity index (χ4n) is 0.377. The predicted molar refractivity (Wildman–Crippen MR) is 39.6 cm³/mol. The maximum absolute atomic E-state index is 4.76. The van der Waals surface area contributed by atoms with Gasteiger partial charge < -0.3 is 7.84 Å². The van der Waals surface area contributed by atoms with Crippen LogP contribution >= 0.6 is 12.2 Å².